The van der Waals surface area contributed by atoms with Crippen LogP contribution in [-0.4, -0.2) is 126 Å². The minimum Gasteiger partial charge on any atom is -0.496 e. The van der Waals surface area contributed by atoms with Crippen LogP contribution in [0, 0.1) is 11.3 Å². The van der Waals surface area contributed by atoms with E-state index in [0.717, 1.165) is 46.5 Å². The van der Waals surface area contributed by atoms with E-state index >= 15 is 4.79 Å². The van der Waals surface area contributed by atoms with Crippen molar-refractivity contribution >= 4 is 28.5 Å². The number of carbonyl (C=O) groups excluding carboxylic acids is 2. The van der Waals surface area contributed by atoms with Gasteiger partial charge < -0.3 is 39.4 Å². The number of fused-ring (bicyclic) bond motifs is 6. The fourth-order valence-corrected chi connectivity index (χ4v) is 13.1. The quantitative estimate of drug-likeness (QED) is 0.165. The number of aliphatic hydroxyl groups is 3. The summed E-state index contributed by atoms with van der Waals surface area (Å²) in [6.07, 6.45) is 5.93. The van der Waals surface area contributed by atoms with Gasteiger partial charge in [0.1, 0.15) is 23.3 Å². The molecule has 6 unspecified atom stereocenters. The third-order valence-electron chi connectivity index (χ3n) is 15.1. The van der Waals surface area contributed by atoms with Crippen molar-refractivity contribution in [3.63, 3.8) is 0 Å². The number of rotatable bonds is 6. The highest BCUT2D eigenvalue weighted by atomic mass is 16.7. The zero-order valence-corrected chi connectivity index (χ0v) is 33.4. The van der Waals surface area contributed by atoms with E-state index in [0.29, 0.717) is 69.5 Å². The van der Waals surface area contributed by atoms with Crippen LogP contribution in [0.5, 0.6) is 5.75 Å². The maximum absolute atomic E-state index is 15.2. The van der Waals surface area contributed by atoms with E-state index in [9.17, 15) is 20.1 Å². The molecule has 2 bridgehead atoms. The third kappa shape index (κ3) is 4.76. The maximum Gasteiger partial charge on any atom is 0.322 e. The number of hydrogen-bond acceptors (Lipinski definition) is 11. The molecule has 0 radical (unpaired) electrons. The van der Waals surface area contributed by atoms with Gasteiger partial charge in [0.05, 0.1) is 19.8 Å². The number of hydrogen-bond donors (Lipinski definition) is 4. The molecule has 1 aliphatic carbocycles. The monoisotopic (exact) mass is 768 g/mol. The van der Waals surface area contributed by atoms with Crippen LogP contribution < -0.4 is 9.64 Å². The van der Waals surface area contributed by atoms with E-state index in [1.807, 2.05) is 56.1 Å². The molecule has 1 spiro atoms. The topological polar surface area (TPSA) is 148 Å². The van der Waals surface area contributed by atoms with Gasteiger partial charge in [-0.1, -0.05) is 44.2 Å². The van der Waals surface area contributed by atoms with Crippen LogP contribution in [0.4, 0.5) is 5.69 Å². The van der Waals surface area contributed by atoms with Gasteiger partial charge in [0, 0.05) is 90.9 Å². The van der Waals surface area contributed by atoms with Gasteiger partial charge in [0.25, 0.3) is 5.79 Å². The number of nitrogens with zero attached hydrogens (tertiary/aromatic N) is 3. The summed E-state index contributed by atoms with van der Waals surface area (Å²) in [5.41, 5.74) is 0.989. The second-order valence-electron chi connectivity index (χ2n) is 17.6. The zero-order valence-electron chi connectivity index (χ0n) is 33.4. The lowest BCUT2D eigenvalue weighted by molar-refractivity contribution is -0.305. The van der Waals surface area contributed by atoms with Crippen LogP contribution in [0.2, 0.25) is 0 Å². The molecule has 12 nitrogen and oxygen atoms in total. The maximum atomic E-state index is 15.2. The number of piperidine rings is 1. The number of esters is 2. The first-order valence-corrected chi connectivity index (χ1v) is 20.4. The molecule has 56 heavy (non-hydrogen) atoms. The molecule has 3 aromatic rings. The number of anilines is 1. The second-order valence-corrected chi connectivity index (χ2v) is 17.6. The van der Waals surface area contributed by atoms with Gasteiger partial charge in [0.2, 0.25) is 0 Å². The molecule has 6 heterocycles. The van der Waals surface area contributed by atoms with Crippen LogP contribution in [0.1, 0.15) is 75.3 Å². The van der Waals surface area contributed by atoms with Crippen molar-refractivity contribution in [1.29, 1.82) is 0 Å². The normalized spacial score (nSPS) is 38.4. The summed E-state index contributed by atoms with van der Waals surface area (Å²) in [5, 5.41) is 38.2. The Hall–Kier alpha value is -3.94. The van der Waals surface area contributed by atoms with Gasteiger partial charge in [-0.15, -0.1) is 0 Å². The minimum absolute atomic E-state index is 0.0752. The number of ether oxygens (including phenoxy) is 3. The molecule has 6 aliphatic rings. The number of methoxy groups -OCH3 is 2. The summed E-state index contributed by atoms with van der Waals surface area (Å²) in [4.78, 5) is 38.6. The molecule has 2 aromatic carbocycles. The third-order valence-corrected chi connectivity index (χ3v) is 15.1. The summed E-state index contributed by atoms with van der Waals surface area (Å²) in [6.45, 7) is 8.72. The van der Waals surface area contributed by atoms with Crippen LogP contribution in [-0.2, 0) is 36.3 Å². The predicted molar refractivity (Wildman–Crippen MR) is 211 cm³/mol. The highest BCUT2D eigenvalue weighted by Gasteiger charge is 2.78. The van der Waals surface area contributed by atoms with Crippen LogP contribution in [0.15, 0.2) is 48.6 Å². The highest BCUT2D eigenvalue weighted by molar-refractivity contribution is 5.94. The Labute approximate surface area is 328 Å². The molecule has 12 heteroatoms. The Morgan fingerprint density at radius 2 is 1.80 bits per heavy atom. The van der Waals surface area contributed by atoms with Crippen molar-refractivity contribution in [3.05, 3.63) is 70.9 Å². The number of benzene rings is 2. The number of nitrogens with one attached hydrogen (secondary N) is 1. The lowest BCUT2D eigenvalue weighted by Gasteiger charge is -2.63. The standard InChI is InChI=1S/C44H56N4O8/c1-7-40(52)22-27-23-43(39(51)55-6,35-29(14-18-47(24-27)25-40)28-12-9-10-13-32(28)45-35)31-20-30-33(21-34(31)54-5)46(4)37-42(30)16-19-48-17-11-15-41(8-2,36(42)48)38(50)44(37,53)56-26(3)49/h9-13,15,20-21,27,36-38,45,50,52-53H,7-8,14,16-19,22-25H2,1-6H3/t27?,36?,37?,38-,40+,41-,42?,43?,44-/m1/s1. The molecule has 2 saturated heterocycles. The Kier molecular flexibility index (Phi) is 8.59. The number of aromatic amines is 1. The molecular weight excluding hydrogens is 713 g/mol. The minimum atomic E-state index is -2.27. The summed E-state index contributed by atoms with van der Waals surface area (Å²) in [5.74, 6) is -2.96. The van der Waals surface area contributed by atoms with Gasteiger partial charge in [0.15, 0.2) is 0 Å². The van der Waals surface area contributed by atoms with Gasteiger partial charge >= 0.3 is 11.9 Å². The number of aromatic nitrogens is 1. The highest BCUT2D eigenvalue weighted by Crippen LogP contribution is 2.67. The van der Waals surface area contributed by atoms with E-state index in [2.05, 4.69) is 33.0 Å². The lowest BCUT2D eigenvalue weighted by atomic mass is 9.50. The van der Waals surface area contributed by atoms with Crippen LogP contribution in [0.25, 0.3) is 10.9 Å². The van der Waals surface area contributed by atoms with Crippen molar-refractivity contribution in [1.82, 2.24) is 14.8 Å². The van der Waals surface area contributed by atoms with Crippen LogP contribution in [0.3, 0.4) is 0 Å². The van der Waals surface area contributed by atoms with Crippen molar-refractivity contribution in [2.75, 3.05) is 58.9 Å². The summed E-state index contributed by atoms with van der Waals surface area (Å²) in [7, 11) is 4.94. The Balaban J connectivity index is 1.36. The number of para-hydroxylation sites is 1. The first-order chi connectivity index (χ1) is 26.8. The Bertz CT molecular complexity index is 2140. The second kappa shape index (κ2) is 12.8. The lowest BCUT2D eigenvalue weighted by Crippen LogP contribution is -2.79. The summed E-state index contributed by atoms with van der Waals surface area (Å²) < 4.78 is 18.2. The van der Waals surface area contributed by atoms with Crippen molar-refractivity contribution in [2.24, 2.45) is 11.3 Å². The van der Waals surface area contributed by atoms with E-state index < -0.39 is 51.7 Å². The van der Waals surface area contributed by atoms with Gasteiger partial charge in [-0.25, -0.2) is 0 Å². The Morgan fingerprint density at radius 1 is 1.02 bits per heavy atom. The first kappa shape index (κ1) is 37.6. The first-order valence-electron chi connectivity index (χ1n) is 20.4. The fraction of sp³-hybridized carbons (Fsp3) is 0.591. The molecule has 3 fully saturated rings. The van der Waals surface area contributed by atoms with E-state index in [1.165, 1.54) is 14.0 Å². The molecule has 1 saturated carbocycles. The summed E-state index contributed by atoms with van der Waals surface area (Å²) in [6, 6.07) is 11.1. The smallest absolute Gasteiger partial charge is 0.322 e. The largest absolute Gasteiger partial charge is 0.496 e. The number of H-pyrrole nitrogens is 1. The van der Waals surface area contributed by atoms with Crippen LogP contribution >= 0.6 is 0 Å². The van der Waals surface area contributed by atoms with Crippen molar-refractivity contribution < 1.29 is 39.1 Å². The molecule has 10 atom stereocenters. The molecule has 4 N–H and O–H groups in total. The summed E-state index contributed by atoms with van der Waals surface area (Å²) >= 11 is 0. The number of carbonyl (C=O) groups is 2. The predicted octanol–water partition coefficient (Wildman–Crippen LogP) is 3.77. The molecule has 300 valence electrons. The molecular formula is C44H56N4O8. The van der Waals surface area contributed by atoms with Crippen molar-refractivity contribution in [2.45, 2.75) is 99.7 Å². The molecule has 5 aliphatic heterocycles. The van der Waals surface area contributed by atoms with E-state index in [-0.39, 0.29) is 12.0 Å². The van der Waals surface area contributed by atoms with Gasteiger partial charge in [-0.2, -0.15) is 0 Å². The number of aliphatic hydroxyl groups excluding tert-OH is 1. The average Bonchev–Trinajstić information content (AvgIpc) is 3.84. The van der Waals surface area contributed by atoms with Crippen molar-refractivity contribution in [3.8, 4) is 5.75 Å². The number of likely N-dealkylation sites (N-methyl/N-ethyl adjacent to an activating group) is 1. The molecule has 9 rings (SSSR count). The molecule has 0 amide bonds. The SMILES string of the molecule is CC[C@]1(O)CC2CN(CCc3c([nH]c4ccccc34)C(C(=O)OC)(c3cc4c(cc3OC)N(C)C3C45CCN4CC=C[C@](CC)(C45)[C@@H](O)[C@]3(O)OC(C)=O)C2)C1. The average molecular weight is 769 g/mol. The van der Waals surface area contributed by atoms with Gasteiger partial charge in [-0.3, -0.25) is 19.4 Å². The zero-order chi connectivity index (χ0) is 39.6. The van der Waals surface area contributed by atoms with Gasteiger partial charge in [-0.05, 0) is 74.2 Å². The van der Waals surface area contributed by atoms with E-state index in [4.69, 9.17) is 14.2 Å². The fourth-order valence-electron chi connectivity index (χ4n) is 13.1. The Morgan fingerprint density at radius 3 is 2.52 bits per heavy atom. The van der Waals surface area contributed by atoms with E-state index in [1.54, 1.807) is 7.11 Å². The molecule has 1 aromatic heterocycles.